The van der Waals surface area contributed by atoms with Gasteiger partial charge >= 0.3 is 0 Å². The summed E-state index contributed by atoms with van der Waals surface area (Å²) in [5.41, 5.74) is 0.239. The minimum atomic E-state index is -1.80. The molecule has 0 aliphatic carbocycles. The third-order valence-corrected chi connectivity index (χ3v) is 2.61. The van der Waals surface area contributed by atoms with Gasteiger partial charge in [0, 0.05) is 5.56 Å². The molecule has 0 N–H and O–H groups in total. The maximum Gasteiger partial charge on any atom is 0.235 e. The second-order valence-electron chi connectivity index (χ2n) is 2.60. The third-order valence-electron chi connectivity index (χ3n) is 1.54. The molecule has 0 aliphatic heterocycles. The van der Waals surface area contributed by atoms with Crippen molar-refractivity contribution in [1.82, 2.24) is 15.4 Å². The highest BCUT2D eigenvalue weighted by molar-refractivity contribution is 6.67. The van der Waals surface area contributed by atoms with Crippen LogP contribution < -0.4 is 0 Å². The molecule has 0 amide bonds. The van der Waals surface area contributed by atoms with E-state index >= 15 is 0 Å². The Bertz CT molecular complexity index is 375. The number of halogens is 6. The fourth-order valence-electron chi connectivity index (χ4n) is 0.944. The monoisotopic (exact) mass is 339 g/mol. The fourth-order valence-corrected chi connectivity index (χ4v) is 1.78. The Morgan fingerprint density at radius 2 is 1.25 bits per heavy atom. The molecule has 3 nitrogen and oxygen atoms in total. The molecule has 88 valence electrons. The van der Waals surface area contributed by atoms with Gasteiger partial charge in [0.05, 0.1) is 0 Å². The number of alkyl halides is 6. The molecule has 16 heavy (non-hydrogen) atoms. The molecule has 0 aromatic carbocycles. The molecule has 9 heteroatoms. The summed E-state index contributed by atoms with van der Waals surface area (Å²) in [6.45, 7) is 3.52. The van der Waals surface area contributed by atoms with Gasteiger partial charge in [0.25, 0.3) is 0 Å². The summed E-state index contributed by atoms with van der Waals surface area (Å²) in [6, 6.07) is 0. The molecule has 0 saturated carbocycles. The molecule has 0 atom stereocenters. The standard InChI is InChI=1S/C7H3Cl6N3/c1-2-3-4(6(8,9)10)14-16-15-5(3)7(11,12)13/h2H,1H2. The second-order valence-corrected chi connectivity index (χ2v) is 7.16. The molecule has 0 unspecified atom stereocenters. The van der Waals surface area contributed by atoms with Crippen LogP contribution in [0.15, 0.2) is 6.58 Å². The predicted octanol–water partition coefficient (Wildman–Crippen LogP) is 4.17. The van der Waals surface area contributed by atoms with Crippen molar-refractivity contribution in [2.24, 2.45) is 0 Å². The molecule has 1 aromatic rings. The van der Waals surface area contributed by atoms with Gasteiger partial charge in [0.1, 0.15) is 11.4 Å². The molecule has 1 rings (SSSR count). The van der Waals surface area contributed by atoms with Crippen molar-refractivity contribution in [3.05, 3.63) is 23.5 Å². The van der Waals surface area contributed by atoms with Crippen molar-refractivity contribution in [2.75, 3.05) is 0 Å². The molecule has 0 saturated heterocycles. The van der Waals surface area contributed by atoms with Crippen molar-refractivity contribution >= 4 is 75.7 Å². The van der Waals surface area contributed by atoms with Gasteiger partial charge < -0.3 is 0 Å². The Balaban J connectivity index is 3.51. The van der Waals surface area contributed by atoms with E-state index in [1.807, 2.05) is 0 Å². The van der Waals surface area contributed by atoms with Crippen molar-refractivity contribution in [3.63, 3.8) is 0 Å². The lowest BCUT2D eigenvalue weighted by Gasteiger charge is -2.17. The van der Waals surface area contributed by atoms with Crippen molar-refractivity contribution in [1.29, 1.82) is 0 Å². The van der Waals surface area contributed by atoms with Crippen molar-refractivity contribution < 1.29 is 0 Å². The summed E-state index contributed by atoms with van der Waals surface area (Å²) in [5, 5.41) is 10.6. The topological polar surface area (TPSA) is 38.7 Å². The van der Waals surface area contributed by atoms with Crippen LogP contribution in [0.3, 0.4) is 0 Å². The van der Waals surface area contributed by atoms with Gasteiger partial charge in [-0.3, -0.25) is 0 Å². The van der Waals surface area contributed by atoms with Crippen LogP contribution in [-0.4, -0.2) is 15.4 Å². The highest BCUT2D eigenvalue weighted by atomic mass is 35.6. The van der Waals surface area contributed by atoms with E-state index in [1.165, 1.54) is 6.08 Å². The van der Waals surface area contributed by atoms with Gasteiger partial charge in [-0.25, -0.2) is 0 Å². The molecule has 0 bridgehead atoms. The third kappa shape index (κ3) is 3.25. The minimum Gasteiger partial charge on any atom is -0.130 e. The molecular formula is C7H3Cl6N3. The van der Waals surface area contributed by atoms with Crippen LogP contribution in [0, 0.1) is 0 Å². The van der Waals surface area contributed by atoms with E-state index in [9.17, 15) is 0 Å². The first-order valence-electron chi connectivity index (χ1n) is 3.68. The fraction of sp³-hybridized carbons (Fsp3) is 0.286. The van der Waals surface area contributed by atoms with Gasteiger partial charge in [0.15, 0.2) is 0 Å². The van der Waals surface area contributed by atoms with Gasteiger partial charge in [-0.1, -0.05) is 82.3 Å². The summed E-state index contributed by atoms with van der Waals surface area (Å²) >= 11 is 34.1. The first-order valence-corrected chi connectivity index (χ1v) is 5.95. The Morgan fingerprint density at radius 1 is 0.875 bits per heavy atom. The van der Waals surface area contributed by atoms with Crippen LogP contribution >= 0.6 is 69.6 Å². The summed E-state index contributed by atoms with van der Waals surface area (Å²) in [5.74, 6) is 0. The van der Waals surface area contributed by atoms with Crippen LogP contribution in [0.1, 0.15) is 17.0 Å². The van der Waals surface area contributed by atoms with Crippen molar-refractivity contribution in [3.8, 4) is 0 Å². The van der Waals surface area contributed by atoms with Crippen LogP contribution in [0.5, 0.6) is 0 Å². The number of aromatic nitrogens is 3. The van der Waals surface area contributed by atoms with Gasteiger partial charge in [-0.2, -0.15) is 0 Å². The average Bonchev–Trinajstić information content (AvgIpc) is 2.13. The van der Waals surface area contributed by atoms with Gasteiger partial charge in [-0.05, 0) is 5.21 Å². The summed E-state index contributed by atoms with van der Waals surface area (Å²) < 4.78 is -3.60. The lowest BCUT2D eigenvalue weighted by Crippen LogP contribution is -2.16. The quantitative estimate of drug-likeness (QED) is 0.720. The van der Waals surface area contributed by atoms with E-state index in [4.69, 9.17) is 69.6 Å². The largest absolute Gasteiger partial charge is 0.235 e. The summed E-state index contributed by atoms with van der Waals surface area (Å²) in [7, 11) is 0. The van der Waals surface area contributed by atoms with Gasteiger partial charge in [-0.15, -0.1) is 10.2 Å². The lowest BCUT2D eigenvalue weighted by molar-refractivity contribution is 0.777. The average molecular weight is 342 g/mol. The molecule has 0 radical (unpaired) electrons. The van der Waals surface area contributed by atoms with Crippen LogP contribution in [0.4, 0.5) is 0 Å². The summed E-state index contributed by atoms with van der Waals surface area (Å²) in [4.78, 5) is 0. The Kier molecular flexibility index (Phi) is 4.55. The molecule has 1 heterocycles. The smallest absolute Gasteiger partial charge is 0.130 e. The maximum atomic E-state index is 5.69. The van der Waals surface area contributed by atoms with Crippen LogP contribution in [0.25, 0.3) is 6.08 Å². The highest BCUT2D eigenvalue weighted by Crippen LogP contribution is 2.44. The zero-order valence-corrected chi connectivity index (χ0v) is 11.9. The molecule has 0 spiro atoms. The maximum absolute atomic E-state index is 5.69. The van der Waals surface area contributed by atoms with E-state index in [0.717, 1.165) is 0 Å². The van der Waals surface area contributed by atoms with Crippen LogP contribution in [0.2, 0.25) is 0 Å². The molecule has 1 aromatic heterocycles. The Morgan fingerprint density at radius 3 is 1.50 bits per heavy atom. The van der Waals surface area contributed by atoms with Crippen LogP contribution in [-0.2, 0) is 7.59 Å². The van der Waals surface area contributed by atoms with Crippen molar-refractivity contribution in [2.45, 2.75) is 7.59 Å². The first kappa shape index (κ1) is 14.6. The van der Waals surface area contributed by atoms with E-state index in [1.54, 1.807) is 0 Å². The minimum absolute atomic E-state index is 0.00354. The van der Waals surface area contributed by atoms with Gasteiger partial charge in [0.2, 0.25) is 7.59 Å². The molecular weight excluding hydrogens is 339 g/mol. The number of nitrogens with zero attached hydrogens (tertiary/aromatic N) is 3. The van der Waals surface area contributed by atoms with E-state index < -0.39 is 7.59 Å². The summed E-state index contributed by atoms with van der Waals surface area (Å²) in [6.07, 6.45) is 1.33. The number of hydrogen-bond acceptors (Lipinski definition) is 3. The lowest BCUT2D eigenvalue weighted by atomic mass is 10.2. The highest BCUT2D eigenvalue weighted by Gasteiger charge is 2.35. The van der Waals surface area contributed by atoms with E-state index in [2.05, 4.69) is 22.0 Å². The van der Waals surface area contributed by atoms with E-state index in [-0.39, 0.29) is 17.0 Å². The first-order chi connectivity index (χ1) is 7.18. The molecule has 0 aliphatic rings. The normalized spacial score (nSPS) is 12.6. The predicted molar refractivity (Wildman–Crippen MR) is 68.4 cm³/mol. The number of rotatable bonds is 1. The zero-order chi connectivity index (χ0) is 12.6. The second kappa shape index (κ2) is 5.01. The molecule has 0 fully saturated rings. The zero-order valence-electron chi connectivity index (χ0n) is 7.39. The Labute approximate surface area is 122 Å². The number of hydrogen-bond donors (Lipinski definition) is 0. The Hall–Kier alpha value is 0.490. The van der Waals surface area contributed by atoms with E-state index in [0.29, 0.717) is 0 Å². The SMILES string of the molecule is C=Cc1c(C(Cl)(Cl)Cl)nnnc1C(Cl)(Cl)Cl.